The molecule has 0 amide bonds. The molecule has 1 saturated heterocycles. The second-order valence-electron chi connectivity index (χ2n) is 4.37. The van der Waals surface area contributed by atoms with Crippen molar-refractivity contribution in [1.82, 2.24) is 10.2 Å². The number of hydrogen-bond acceptors (Lipinski definition) is 2. The number of rotatable bonds is 2. The van der Waals surface area contributed by atoms with Gasteiger partial charge in [0, 0.05) is 18.6 Å². The highest BCUT2D eigenvalue weighted by molar-refractivity contribution is 4.78. The third-order valence-electron chi connectivity index (χ3n) is 2.77. The van der Waals surface area contributed by atoms with Crippen molar-refractivity contribution in [3.8, 4) is 0 Å². The molecule has 5 heteroatoms. The Morgan fingerprint density at radius 1 is 1.47 bits per heavy atom. The van der Waals surface area contributed by atoms with Gasteiger partial charge >= 0.3 is 6.18 Å². The highest BCUT2D eigenvalue weighted by Gasteiger charge is 2.32. The predicted octanol–water partition coefficient (Wildman–Crippen LogP) is 2.01. The summed E-state index contributed by atoms with van der Waals surface area (Å²) in [5, 5.41) is 3.27. The normalized spacial score (nSPS) is 27.4. The maximum Gasteiger partial charge on any atom is 0.390 e. The van der Waals surface area contributed by atoms with Crippen LogP contribution in [0.15, 0.2) is 0 Å². The van der Waals surface area contributed by atoms with Crippen LogP contribution in [-0.2, 0) is 0 Å². The minimum absolute atomic E-state index is 0.281. The highest BCUT2D eigenvalue weighted by Crippen LogP contribution is 2.24. The van der Waals surface area contributed by atoms with E-state index in [1.54, 1.807) is 6.92 Å². The summed E-state index contributed by atoms with van der Waals surface area (Å²) in [5.41, 5.74) is 0. The maximum absolute atomic E-state index is 12.2. The minimum Gasteiger partial charge on any atom is -0.313 e. The Morgan fingerprint density at radius 2 is 2.13 bits per heavy atom. The van der Waals surface area contributed by atoms with Crippen molar-refractivity contribution >= 4 is 0 Å². The third-order valence-corrected chi connectivity index (χ3v) is 2.77. The lowest BCUT2D eigenvalue weighted by Crippen LogP contribution is -2.41. The average Bonchev–Trinajstić information content (AvgIpc) is 2.26. The molecule has 0 aromatic heterocycles. The van der Waals surface area contributed by atoms with Crippen molar-refractivity contribution in [3.63, 3.8) is 0 Å². The molecule has 0 aromatic rings. The first-order valence-corrected chi connectivity index (χ1v) is 5.42. The van der Waals surface area contributed by atoms with Gasteiger partial charge in [-0.05, 0) is 33.4 Å². The van der Waals surface area contributed by atoms with Crippen molar-refractivity contribution in [2.24, 2.45) is 0 Å². The Labute approximate surface area is 88.8 Å². The number of halogens is 3. The van der Waals surface area contributed by atoms with E-state index in [0.717, 1.165) is 19.5 Å². The molecule has 1 rings (SSSR count). The molecule has 2 unspecified atom stereocenters. The summed E-state index contributed by atoms with van der Waals surface area (Å²) >= 11 is 0. The van der Waals surface area contributed by atoms with Crippen molar-refractivity contribution in [3.05, 3.63) is 0 Å². The number of alkyl halides is 3. The molecule has 2 atom stereocenters. The lowest BCUT2D eigenvalue weighted by atomic mass is 10.1. The summed E-state index contributed by atoms with van der Waals surface area (Å²) in [6.07, 6.45) is -3.84. The van der Waals surface area contributed by atoms with Crippen LogP contribution in [0, 0.1) is 0 Å². The molecule has 0 spiro atoms. The molecule has 1 heterocycles. The van der Waals surface area contributed by atoms with Gasteiger partial charge in [0.1, 0.15) is 0 Å². The smallest absolute Gasteiger partial charge is 0.313 e. The molecule has 0 radical (unpaired) electrons. The van der Waals surface area contributed by atoms with E-state index in [1.807, 2.05) is 11.8 Å². The summed E-state index contributed by atoms with van der Waals surface area (Å²) in [6.45, 7) is 6.03. The summed E-state index contributed by atoms with van der Waals surface area (Å²) in [4.78, 5) is 1.93. The van der Waals surface area contributed by atoms with Gasteiger partial charge in [-0.3, -0.25) is 4.90 Å². The first-order valence-electron chi connectivity index (χ1n) is 5.42. The molecule has 0 saturated carbocycles. The fraction of sp³-hybridized carbons (Fsp3) is 1.00. The Bertz CT molecular complexity index is 194. The summed E-state index contributed by atoms with van der Waals surface area (Å²) < 4.78 is 36.7. The van der Waals surface area contributed by atoms with Crippen LogP contribution in [0.3, 0.4) is 0 Å². The zero-order chi connectivity index (χ0) is 11.5. The van der Waals surface area contributed by atoms with E-state index in [-0.39, 0.29) is 6.04 Å². The molecule has 1 N–H and O–H groups in total. The SMILES string of the molecule is CC1CN(C(C)CC(F)(F)F)CCCN1. The van der Waals surface area contributed by atoms with Gasteiger partial charge in [-0.2, -0.15) is 13.2 Å². The Kier molecular flexibility index (Phi) is 4.40. The van der Waals surface area contributed by atoms with Crippen LogP contribution in [0.25, 0.3) is 0 Å². The molecule has 0 bridgehead atoms. The lowest BCUT2D eigenvalue weighted by Gasteiger charge is -2.29. The van der Waals surface area contributed by atoms with Gasteiger partial charge in [0.05, 0.1) is 6.42 Å². The first kappa shape index (κ1) is 12.8. The Hall–Kier alpha value is -0.290. The summed E-state index contributed by atoms with van der Waals surface area (Å²) in [7, 11) is 0. The number of hydrogen-bond donors (Lipinski definition) is 1. The van der Waals surface area contributed by atoms with Crippen molar-refractivity contribution < 1.29 is 13.2 Å². The van der Waals surface area contributed by atoms with Crippen LogP contribution in [0.5, 0.6) is 0 Å². The highest BCUT2D eigenvalue weighted by atomic mass is 19.4. The summed E-state index contributed by atoms with van der Waals surface area (Å²) in [6, 6.07) is -0.129. The van der Waals surface area contributed by atoms with Crippen molar-refractivity contribution in [2.75, 3.05) is 19.6 Å². The Morgan fingerprint density at radius 3 is 2.73 bits per heavy atom. The number of nitrogens with zero attached hydrogens (tertiary/aromatic N) is 1. The van der Waals surface area contributed by atoms with E-state index >= 15 is 0 Å². The molecule has 1 fully saturated rings. The number of nitrogens with one attached hydrogen (secondary N) is 1. The van der Waals surface area contributed by atoms with E-state index in [4.69, 9.17) is 0 Å². The standard InChI is InChI=1S/C10H19F3N2/c1-8-7-15(5-3-4-14-8)9(2)6-10(11,12)13/h8-9,14H,3-7H2,1-2H3. The van der Waals surface area contributed by atoms with Crippen LogP contribution < -0.4 is 5.32 Å². The van der Waals surface area contributed by atoms with Gasteiger partial charge in [-0.25, -0.2) is 0 Å². The second kappa shape index (κ2) is 5.16. The van der Waals surface area contributed by atoms with Crippen LogP contribution >= 0.6 is 0 Å². The fourth-order valence-electron chi connectivity index (χ4n) is 2.00. The van der Waals surface area contributed by atoms with Gasteiger partial charge in [-0.1, -0.05) is 0 Å². The summed E-state index contributed by atoms with van der Waals surface area (Å²) in [5.74, 6) is 0. The Balaban J connectivity index is 2.46. The molecule has 0 aliphatic carbocycles. The molecular formula is C10H19F3N2. The minimum atomic E-state index is -4.05. The van der Waals surface area contributed by atoms with Gasteiger partial charge in [0.25, 0.3) is 0 Å². The lowest BCUT2D eigenvalue weighted by molar-refractivity contribution is -0.146. The van der Waals surface area contributed by atoms with Gasteiger partial charge < -0.3 is 5.32 Å². The quantitative estimate of drug-likeness (QED) is 0.772. The second-order valence-corrected chi connectivity index (χ2v) is 4.37. The van der Waals surface area contributed by atoms with Gasteiger partial charge in [0.15, 0.2) is 0 Å². The zero-order valence-electron chi connectivity index (χ0n) is 9.27. The zero-order valence-corrected chi connectivity index (χ0v) is 9.27. The van der Waals surface area contributed by atoms with Gasteiger partial charge in [-0.15, -0.1) is 0 Å². The molecule has 2 nitrogen and oxygen atoms in total. The molecule has 0 aromatic carbocycles. The fourth-order valence-corrected chi connectivity index (χ4v) is 2.00. The maximum atomic E-state index is 12.2. The van der Waals surface area contributed by atoms with Crippen LogP contribution in [0.1, 0.15) is 26.7 Å². The van der Waals surface area contributed by atoms with Crippen LogP contribution in [0.2, 0.25) is 0 Å². The third kappa shape index (κ3) is 4.84. The van der Waals surface area contributed by atoms with E-state index in [9.17, 15) is 13.2 Å². The average molecular weight is 224 g/mol. The van der Waals surface area contributed by atoms with E-state index < -0.39 is 18.6 Å². The topological polar surface area (TPSA) is 15.3 Å². The molecule has 1 aliphatic rings. The molecule has 90 valence electrons. The molecular weight excluding hydrogens is 205 g/mol. The largest absolute Gasteiger partial charge is 0.390 e. The van der Waals surface area contributed by atoms with E-state index in [2.05, 4.69) is 5.32 Å². The van der Waals surface area contributed by atoms with Crippen LogP contribution in [0.4, 0.5) is 13.2 Å². The molecule has 15 heavy (non-hydrogen) atoms. The van der Waals surface area contributed by atoms with Crippen molar-refractivity contribution in [1.29, 1.82) is 0 Å². The van der Waals surface area contributed by atoms with E-state index in [0.29, 0.717) is 6.54 Å². The van der Waals surface area contributed by atoms with E-state index in [1.165, 1.54) is 0 Å². The van der Waals surface area contributed by atoms with Crippen molar-refractivity contribution in [2.45, 2.75) is 44.9 Å². The molecule has 1 aliphatic heterocycles. The monoisotopic (exact) mass is 224 g/mol. The predicted molar refractivity (Wildman–Crippen MR) is 53.8 cm³/mol. The van der Waals surface area contributed by atoms with Gasteiger partial charge in [0.2, 0.25) is 0 Å². The van der Waals surface area contributed by atoms with Crippen LogP contribution in [-0.4, -0.2) is 42.8 Å². The first-order chi connectivity index (χ1) is 6.88.